The van der Waals surface area contributed by atoms with Gasteiger partial charge in [-0.05, 0) is 78.1 Å². The van der Waals surface area contributed by atoms with E-state index in [9.17, 15) is 4.79 Å². The maximum Gasteiger partial charge on any atom is 0.306 e. The van der Waals surface area contributed by atoms with Crippen LogP contribution >= 0.6 is 0 Å². The second-order valence-corrected chi connectivity index (χ2v) is 8.72. The standard InChI is InChI=1S/C29H32O3/c1-5-24-22(10-7-11-26(24)29-19(2)8-6-9-20(29)3)14-12-21-13-15-25-23(17-28(30)31-4)18-32-27(25)16-21/h6-11,13,15-16,23H,5,12,14,17-18H2,1-4H3/t23-/m1/s1. The molecule has 0 spiro atoms. The zero-order chi connectivity index (χ0) is 22.7. The van der Waals surface area contributed by atoms with Gasteiger partial charge in [-0.2, -0.15) is 0 Å². The number of rotatable bonds is 7. The Labute approximate surface area is 191 Å². The first-order valence-electron chi connectivity index (χ1n) is 11.5. The number of esters is 1. The summed E-state index contributed by atoms with van der Waals surface area (Å²) < 4.78 is 10.7. The lowest BCUT2D eigenvalue weighted by Gasteiger charge is -2.17. The number of carbonyl (C=O) groups excluding carboxylic acids is 1. The molecule has 0 radical (unpaired) electrons. The van der Waals surface area contributed by atoms with Crippen molar-refractivity contribution in [2.24, 2.45) is 0 Å². The van der Waals surface area contributed by atoms with E-state index in [2.05, 4.69) is 75.4 Å². The van der Waals surface area contributed by atoms with Gasteiger partial charge in [0.25, 0.3) is 0 Å². The Bertz CT molecular complexity index is 1110. The van der Waals surface area contributed by atoms with Crippen LogP contribution in [0.4, 0.5) is 0 Å². The second-order valence-electron chi connectivity index (χ2n) is 8.72. The van der Waals surface area contributed by atoms with E-state index in [4.69, 9.17) is 9.47 Å². The van der Waals surface area contributed by atoms with Crippen molar-refractivity contribution in [3.63, 3.8) is 0 Å². The van der Waals surface area contributed by atoms with Crippen molar-refractivity contribution in [3.8, 4) is 16.9 Å². The zero-order valence-corrected chi connectivity index (χ0v) is 19.5. The maximum absolute atomic E-state index is 11.7. The summed E-state index contributed by atoms with van der Waals surface area (Å²) in [5, 5.41) is 0. The molecule has 0 amide bonds. The van der Waals surface area contributed by atoms with E-state index in [1.807, 2.05) is 0 Å². The molecular weight excluding hydrogens is 396 g/mol. The van der Waals surface area contributed by atoms with E-state index < -0.39 is 0 Å². The van der Waals surface area contributed by atoms with Crippen molar-refractivity contribution in [1.29, 1.82) is 0 Å². The topological polar surface area (TPSA) is 35.5 Å². The predicted octanol–water partition coefficient (Wildman–Crippen LogP) is 6.36. The fraction of sp³-hybridized carbons (Fsp3) is 0.345. The van der Waals surface area contributed by atoms with Crippen molar-refractivity contribution in [1.82, 2.24) is 0 Å². The summed E-state index contributed by atoms with van der Waals surface area (Å²) in [4.78, 5) is 11.7. The summed E-state index contributed by atoms with van der Waals surface area (Å²) in [6.45, 7) is 7.20. The van der Waals surface area contributed by atoms with Crippen LogP contribution in [0.2, 0.25) is 0 Å². The van der Waals surface area contributed by atoms with E-state index >= 15 is 0 Å². The van der Waals surface area contributed by atoms with Crippen LogP contribution in [0.25, 0.3) is 11.1 Å². The number of ether oxygens (including phenoxy) is 2. The van der Waals surface area contributed by atoms with Gasteiger partial charge in [-0.1, -0.05) is 55.5 Å². The summed E-state index contributed by atoms with van der Waals surface area (Å²) in [6.07, 6.45) is 3.34. The van der Waals surface area contributed by atoms with Crippen molar-refractivity contribution in [2.75, 3.05) is 13.7 Å². The van der Waals surface area contributed by atoms with Crippen molar-refractivity contribution >= 4 is 5.97 Å². The number of methoxy groups -OCH3 is 1. The highest BCUT2D eigenvalue weighted by Gasteiger charge is 2.27. The Morgan fingerprint density at radius 3 is 2.50 bits per heavy atom. The lowest BCUT2D eigenvalue weighted by molar-refractivity contribution is -0.141. The molecule has 3 aromatic carbocycles. The minimum Gasteiger partial charge on any atom is -0.493 e. The van der Waals surface area contributed by atoms with Gasteiger partial charge in [0.05, 0.1) is 20.1 Å². The lowest BCUT2D eigenvalue weighted by atomic mass is 9.87. The van der Waals surface area contributed by atoms with Crippen LogP contribution in [0.3, 0.4) is 0 Å². The predicted molar refractivity (Wildman–Crippen MR) is 129 cm³/mol. The van der Waals surface area contributed by atoms with Crippen molar-refractivity contribution < 1.29 is 14.3 Å². The third-order valence-corrected chi connectivity index (χ3v) is 6.66. The molecule has 3 heteroatoms. The lowest BCUT2D eigenvalue weighted by Crippen LogP contribution is -2.09. The van der Waals surface area contributed by atoms with Gasteiger partial charge in [-0.15, -0.1) is 0 Å². The van der Waals surface area contributed by atoms with Crippen LogP contribution in [0, 0.1) is 13.8 Å². The first-order chi connectivity index (χ1) is 15.5. The van der Waals surface area contributed by atoms with Gasteiger partial charge in [-0.3, -0.25) is 4.79 Å². The minimum absolute atomic E-state index is 0.0900. The van der Waals surface area contributed by atoms with Crippen LogP contribution in [-0.4, -0.2) is 19.7 Å². The fourth-order valence-electron chi connectivity index (χ4n) is 4.97. The Morgan fingerprint density at radius 1 is 1.03 bits per heavy atom. The van der Waals surface area contributed by atoms with Crippen LogP contribution in [0.5, 0.6) is 5.75 Å². The number of benzene rings is 3. The molecule has 1 aliphatic heterocycles. The molecule has 0 fully saturated rings. The van der Waals surface area contributed by atoms with Crippen LogP contribution in [0.15, 0.2) is 54.6 Å². The van der Waals surface area contributed by atoms with Crippen LogP contribution in [0.1, 0.15) is 52.6 Å². The molecule has 32 heavy (non-hydrogen) atoms. The highest BCUT2D eigenvalue weighted by atomic mass is 16.5. The van der Waals surface area contributed by atoms with Gasteiger partial charge < -0.3 is 9.47 Å². The second kappa shape index (κ2) is 9.60. The zero-order valence-electron chi connectivity index (χ0n) is 19.5. The molecule has 0 aromatic heterocycles. The molecule has 166 valence electrons. The number of aryl methyl sites for hydroxylation is 4. The summed E-state index contributed by atoms with van der Waals surface area (Å²) in [5.74, 6) is 0.815. The first kappa shape index (κ1) is 22.1. The van der Waals surface area contributed by atoms with Crippen molar-refractivity contribution in [2.45, 2.75) is 52.4 Å². The number of fused-ring (bicyclic) bond motifs is 1. The molecule has 1 heterocycles. The summed E-state index contributed by atoms with van der Waals surface area (Å²) in [7, 11) is 1.43. The Hall–Kier alpha value is -3.07. The molecule has 3 aromatic rings. The van der Waals surface area contributed by atoms with Gasteiger partial charge in [-0.25, -0.2) is 0 Å². The maximum atomic E-state index is 11.7. The Kier molecular flexibility index (Phi) is 6.64. The van der Waals surface area contributed by atoms with Gasteiger partial charge in [0, 0.05) is 11.5 Å². The first-order valence-corrected chi connectivity index (χ1v) is 11.5. The number of hydrogen-bond donors (Lipinski definition) is 0. The average Bonchev–Trinajstić information content (AvgIpc) is 3.19. The molecule has 1 atom stereocenters. The van der Waals surface area contributed by atoms with E-state index in [0.717, 1.165) is 30.6 Å². The molecule has 0 bridgehead atoms. The normalized spacial score (nSPS) is 14.7. The molecule has 0 N–H and O–H groups in total. The SMILES string of the molecule is CCc1c(CCc2ccc3c(c2)OC[C@H]3CC(=O)OC)cccc1-c1c(C)cccc1C. The molecule has 0 saturated carbocycles. The Morgan fingerprint density at radius 2 is 1.78 bits per heavy atom. The fourth-order valence-corrected chi connectivity index (χ4v) is 4.97. The highest BCUT2D eigenvalue weighted by molar-refractivity contribution is 5.75. The largest absolute Gasteiger partial charge is 0.493 e. The smallest absolute Gasteiger partial charge is 0.306 e. The van der Waals surface area contributed by atoms with Crippen LogP contribution < -0.4 is 4.74 Å². The quantitative estimate of drug-likeness (QED) is 0.411. The highest BCUT2D eigenvalue weighted by Crippen LogP contribution is 2.37. The molecule has 1 aliphatic rings. The molecule has 0 unspecified atom stereocenters. The Balaban J connectivity index is 1.55. The molecule has 0 aliphatic carbocycles. The molecule has 4 rings (SSSR count). The molecule has 0 saturated heterocycles. The molecular formula is C29H32O3. The molecule has 3 nitrogen and oxygen atoms in total. The summed E-state index contributed by atoms with van der Waals surface area (Å²) in [5.41, 5.74) is 10.6. The number of hydrogen-bond acceptors (Lipinski definition) is 3. The third-order valence-electron chi connectivity index (χ3n) is 6.66. The third kappa shape index (κ3) is 4.43. The monoisotopic (exact) mass is 428 g/mol. The van der Waals surface area contributed by atoms with Gasteiger partial charge in [0.1, 0.15) is 5.75 Å². The van der Waals surface area contributed by atoms with E-state index in [1.54, 1.807) is 0 Å². The van der Waals surface area contributed by atoms with E-state index in [-0.39, 0.29) is 11.9 Å². The van der Waals surface area contributed by atoms with Crippen LogP contribution in [-0.2, 0) is 28.8 Å². The number of carbonyl (C=O) groups is 1. The van der Waals surface area contributed by atoms with Gasteiger partial charge in [0.2, 0.25) is 0 Å². The van der Waals surface area contributed by atoms with Gasteiger partial charge >= 0.3 is 5.97 Å². The van der Waals surface area contributed by atoms with E-state index in [0.29, 0.717) is 13.0 Å². The van der Waals surface area contributed by atoms with Crippen molar-refractivity contribution in [3.05, 3.63) is 88.0 Å². The summed E-state index contributed by atoms with van der Waals surface area (Å²) >= 11 is 0. The summed E-state index contributed by atoms with van der Waals surface area (Å²) in [6, 6.07) is 19.7. The van der Waals surface area contributed by atoms with E-state index in [1.165, 1.54) is 46.1 Å². The minimum atomic E-state index is -0.189. The van der Waals surface area contributed by atoms with Gasteiger partial charge in [0.15, 0.2) is 0 Å². The average molecular weight is 429 g/mol.